The maximum absolute atomic E-state index is 13.3. The number of hydrogen-bond acceptors (Lipinski definition) is 9. The number of anilines is 1. The number of thiophene rings is 2. The Balaban J connectivity index is 1.26. The van der Waals surface area contributed by atoms with Crippen LogP contribution < -0.4 is 10.1 Å². The van der Waals surface area contributed by atoms with Gasteiger partial charge >= 0.3 is 5.97 Å². The third kappa shape index (κ3) is 7.50. The van der Waals surface area contributed by atoms with Gasteiger partial charge in [0.15, 0.2) is 0 Å². The van der Waals surface area contributed by atoms with E-state index >= 15 is 0 Å². The summed E-state index contributed by atoms with van der Waals surface area (Å²) in [4.78, 5) is 29.3. The monoisotopic (exact) mass is 618 g/mol. The summed E-state index contributed by atoms with van der Waals surface area (Å²) in [5.41, 5.74) is -0.573. The molecule has 1 aliphatic rings. The van der Waals surface area contributed by atoms with Gasteiger partial charge in [-0.3, -0.25) is 4.79 Å². The summed E-state index contributed by atoms with van der Waals surface area (Å²) in [6.45, 7) is 0.570. The maximum atomic E-state index is 13.3. The summed E-state index contributed by atoms with van der Waals surface area (Å²) < 4.78 is 16.2. The number of aliphatic hydroxyl groups is 1. The van der Waals surface area contributed by atoms with Crippen molar-refractivity contribution < 1.29 is 28.9 Å². The molecule has 8 nitrogen and oxygen atoms in total. The SMILES string of the molecule is CO/C=C/c1cc(Cl)c(NC(=O)CCN(C)[C@H]2CC[C@H](OC(=O)C(O)(c3cccs3)c3cccs3)CC2)cc1OC. The highest BCUT2D eigenvalue weighted by Gasteiger charge is 2.45. The Labute approximate surface area is 253 Å². The number of amides is 1. The molecule has 41 heavy (non-hydrogen) atoms. The molecule has 0 saturated heterocycles. The van der Waals surface area contributed by atoms with E-state index in [0.29, 0.717) is 52.0 Å². The van der Waals surface area contributed by atoms with Crippen LogP contribution in [0.4, 0.5) is 5.69 Å². The first-order chi connectivity index (χ1) is 19.8. The fourth-order valence-electron chi connectivity index (χ4n) is 4.92. The maximum Gasteiger partial charge on any atom is 0.349 e. The van der Waals surface area contributed by atoms with Crippen molar-refractivity contribution in [1.82, 2.24) is 4.90 Å². The zero-order valence-electron chi connectivity index (χ0n) is 23.3. The zero-order valence-corrected chi connectivity index (χ0v) is 25.7. The number of ether oxygens (including phenoxy) is 3. The van der Waals surface area contributed by atoms with Crippen molar-refractivity contribution in [1.29, 1.82) is 0 Å². The molecule has 4 rings (SSSR count). The number of benzene rings is 1. The van der Waals surface area contributed by atoms with Gasteiger partial charge in [-0.2, -0.15) is 0 Å². The Bertz CT molecular complexity index is 1290. The van der Waals surface area contributed by atoms with Crippen LogP contribution in [0.1, 0.15) is 47.4 Å². The molecular formula is C30H35ClN2O6S2. The van der Waals surface area contributed by atoms with Crippen molar-refractivity contribution >= 4 is 57.9 Å². The van der Waals surface area contributed by atoms with Crippen LogP contribution in [-0.4, -0.2) is 61.8 Å². The minimum atomic E-state index is -1.79. The third-order valence-corrected chi connectivity index (χ3v) is 9.53. The minimum absolute atomic E-state index is 0.148. The molecule has 220 valence electrons. The second-order valence-electron chi connectivity index (χ2n) is 9.89. The van der Waals surface area contributed by atoms with E-state index < -0.39 is 11.6 Å². The first-order valence-electron chi connectivity index (χ1n) is 13.3. The van der Waals surface area contributed by atoms with Gasteiger partial charge in [-0.1, -0.05) is 23.7 Å². The number of nitrogens with zero attached hydrogens (tertiary/aromatic N) is 1. The smallest absolute Gasteiger partial charge is 0.349 e. The Morgan fingerprint density at radius 1 is 1.12 bits per heavy atom. The Kier molecular flexibility index (Phi) is 10.9. The number of carbonyl (C=O) groups is 2. The quantitative estimate of drug-likeness (QED) is 0.186. The number of halogens is 1. The van der Waals surface area contributed by atoms with Crippen molar-refractivity contribution in [2.24, 2.45) is 0 Å². The molecule has 0 unspecified atom stereocenters. The third-order valence-electron chi connectivity index (χ3n) is 7.26. The summed E-state index contributed by atoms with van der Waals surface area (Å²) in [5.74, 6) is -0.212. The average Bonchev–Trinajstić information content (AvgIpc) is 3.72. The number of nitrogens with one attached hydrogen (secondary N) is 1. The molecule has 11 heteroatoms. The largest absolute Gasteiger partial charge is 0.504 e. The van der Waals surface area contributed by atoms with Crippen molar-refractivity contribution in [3.8, 4) is 5.75 Å². The molecule has 1 aliphatic carbocycles. The van der Waals surface area contributed by atoms with E-state index in [1.54, 1.807) is 44.6 Å². The van der Waals surface area contributed by atoms with Crippen LogP contribution in [0.15, 0.2) is 53.4 Å². The Morgan fingerprint density at radius 3 is 2.34 bits per heavy atom. The standard InChI is InChI=1S/C30H35ClN2O6S2/c1-33(14-12-28(34)32-24-19-25(38-3)20(13-15-37-2)18-23(24)31)21-8-10-22(11-9-21)39-29(35)30(36,26-6-4-16-40-26)27-7-5-17-41-27/h4-7,13,15-19,21-22,36H,8-12,14H2,1-3H3,(H,32,34)/b15-13+/t21-,22-. The molecule has 0 bridgehead atoms. The summed E-state index contributed by atoms with van der Waals surface area (Å²) in [6, 6.07) is 10.8. The van der Waals surface area contributed by atoms with E-state index in [-0.39, 0.29) is 18.1 Å². The summed E-state index contributed by atoms with van der Waals surface area (Å²) in [5, 5.41) is 18.4. The molecule has 1 aromatic carbocycles. The molecular weight excluding hydrogens is 584 g/mol. The fourth-order valence-corrected chi connectivity index (χ4v) is 6.85. The highest BCUT2D eigenvalue weighted by Crippen LogP contribution is 2.38. The predicted molar refractivity (Wildman–Crippen MR) is 164 cm³/mol. The van der Waals surface area contributed by atoms with Crippen LogP contribution in [0.25, 0.3) is 6.08 Å². The van der Waals surface area contributed by atoms with E-state index in [4.69, 9.17) is 25.8 Å². The van der Waals surface area contributed by atoms with Gasteiger partial charge in [0, 0.05) is 30.6 Å². The van der Waals surface area contributed by atoms with Crippen LogP contribution in [-0.2, 0) is 24.7 Å². The van der Waals surface area contributed by atoms with Crippen LogP contribution in [0, 0.1) is 0 Å². The molecule has 2 aromatic heterocycles. The minimum Gasteiger partial charge on any atom is -0.504 e. The molecule has 0 spiro atoms. The van der Waals surface area contributed by atoms with Gasteiger partial charge in [-0.15, -0.1) is 22.7 Å². The molecule has 3 aromatic rings. The number of esters is 1. The lowest BCUT2D eigenvalue weighted by Gasteiger charge is -2.35. The van der Waals surface area contributed by atoms with Gasteiger partial charge in [0.05, 0.1) is 40.9 Å². The Hall–Kier alpha value is -2.89. The molecule has 2 heterocycles. The second kappa shape index (κ2) is 14.3. The average molecular weight is 619 g/mol. The van der Waals surface area contributed by atoms with Crippen LogP contribution in [0.2, 0.25) is 5.02 Å². The van der Waals surface area contributed by atoms with Gasteiger partial charge in [0.2, 0.25) is 11.5 Å². The van der Waals surface area contributed by atoms with E-state index in [1.165, 1.54) is 28.9 Å². The fraction of sp³-hybridized carbons (Fsp3) is 0.400. The Morgan fingerprint density at radius 2 is 1.78 bits per heavy atom. The van der Waals surface area contributed by atoms with Crippen molar-refractivity contribution in [2.45, 2.75) is 49.9 Å². The highest BCUT2D eigenvalue weighted by molar-refractivity contribution is 7.12. The predicted octanol–water partition coefficient (Wildman–Crippen LogP) is 6.14. The van der Waals surface area contributed by atoms with E-state index in [9.17, 15) is 14.7 Å². The van der Waals surface area contributed by atoms with Crippen molar-refractivity contribution in [3.63, 3.8) is 0 Å². The van der Waals surface area contributed by atoms with Gasteiger partial charge in [-0.25, -0.2) is 4.79 Å². The molecule has 1 fully saturated rings. The normalized spacial score (nSPS) is 17.5. The molecule has 1 amide bonds. The van der Waals surface area contributed by atoms with E-state index in [0.717, 1.165) is 18.4 Å². The van der Waals surface area contributed by atoms with Gasteiger partial charge in [0.25, 0.3) is 0 Å². The number of rotatable bonds is 12. The molecule has 0 atom stereocenters. The summed E-state index contributed by atoms with van der Waals surface area (Å²) in [6.07, 6.45) is 6.32. The van der Waals surface area contributed by atoms with Crippen LogP contribution in [0.3, 0.4) is 0 Å². The lowest BCUT2D eigenvalue weighted by molar-refractivity contribution is -0.169. The van der Waals surface area contributed by atoms with Gasteiger partial charge in [-0.05, 0) is 67.8 Å². The number of carbonyl (C=O) groups excluding carboxylic acids is 2. The van der Waals surface area contributed by atoms with Crippen molar-refractivity contribution in [3.05, 3.63) is 73.8 Å². The van der Waals surface area contributed by atoms with E-state index in [1.807, 2.05) is 29.9 Å². The summed E-state index contributed by atoms with van der Waals surface area (Å²) >= 11 is 9.06. The first kappa shape index (κ1) is 31.1. The summed E-state index contributed by atoms with van der Waals surface area (Å²) in [7, 11) is 5.11. The molecule has 1 saturated carbocycles. The lowest BCUT2D eigenvalue weighted by atomic mass is 9.91. The first-order valence-corrected chi connectivity index (χ1v) is 15.5. The van der Waals surface area contributed by atoms with Crippen LogP contribution >= 0.6 is 34.3 Å². The zero-order chi connectivity index (χ0) is 29.4. The molecule has 2 N–H and O–H groups in total. The second-order valence-corrected chi connectivity index (χ2v) is 12.2. The number of hydrogen-bond donors (Lipinski definition) is 2. The molecule has 0 radical (unpaired) electrons. The number of methoxy groups -OCH3 is 2. The highest BCUT2D eigenvalue weighted by atomic mass is 35.5. The lowest BCUT2D eigenvalue weighted by Crippen LogP contribution is -2.42. The van der Waals surface area contributed by atoms with E-state index in [2.05, 4.69) is 10.2 Å². The topological polar surface area (TPSA) is 97.3 Å². The van der Waals surface area contributed by atoms with Crippen LogP contribution in [0.5, 0.6) is 5.75 Å². The van der Waals surface area contributed by atoms with Crippen molar-refractivity contribution in [2.75, 3.05) is 33.1 Å². The molecule has 0 aliphatic heterocycles. The van der Waals surface area contributed by atoms with Gasteiger partial charge in [0.1, 0.15) is 11.9 Å². The van der Waals surface area contributed by atoms with Gasteiger partial charge < -0.3 is 29.5 Å².